The minimum atomic E-state index is -0.606. The average Bonchev–Trinajstić information content (AvgIpc) is 2.85. The third-order valence-electron chi connectivity index (χ3n) is 6.29. The molecule has 0 atom stereocenters. The number of hydrogen-bond acceptors (Lipinski definition) is 6. The van der Waals surface area contributed by atoms with Crippen LogP contribution in [0.5, 0.6) is 0 Å². The van der Waals surface area contributed by atoms with E-state index in [9.17, 15) is 14.4 Å². The lowest BCUT2D eigenvalue weighted by Crippen LogP contribution is -2.34. The molecule has 0 unspecified atom stereocenters. The van der Waals surface area contributed by atoms with E-state index in [4.69, 9.17) is 0 Å². The van der Waals surface area contributed by atoms with Crippen molar-refractivity contribution < 1.29 is 4.79 Å². The molecule has 1 aliphatic heterocycles. The molecule has 4 rings (SSSR count). The first-order chi connectivity index (χ1) is 16.7. The lowest BCUT2D eigenvalue weighted by Gasteiger charge is -2.27. The van der Waals surface area contributed by atoms with E-state index in [1.807, 2.05) is 39.8 Å². The van der Waals surface area contributed by atoms with E-state index >= 15 is 0 Å². The van der Waals surface area contributed by atoms with Crippen LogP contribution in [0.1, 0.15) is 74.5 Å². The molecule has 1 amide bonds. The topological polar surface area (TPSA) is 113 Å². The van der Waals surface area contributed by atoms with Crippen molar-refractivity contribution in [2.45, 2.75) is 66.0 Å². The Kier molecular flexibility index (Phi) is 7.33. The van der Waals surface area contributed by atoms with Gasteiger partial charge in [-0.2, -0.15) is 0 Å². The number of carbonyl (C=O) groups is 1. The number of aromatic amines is 1. The Balaban J connectivity index is 1.63. The number of H-pyrrole nitrogens is 1. The molecule has 0 bridgehead atoms. The molecule has 35 heavy (non-hydrogen) atoms. The number of hydrogen-bond donors (Lipinski definition) is 2. The summed E-state index contributed by atoms with van der Waals surface area (Å²) in [5.74, 6) is 0.735. The van der Waals surface area contributed by atoms with Crippen molar-refractivity contribution in [2.24, 2.45) is 5.92 Å². The molecule has 1 saturated heterocycles. The third-order valence-corrected chi connectivity index (χ3v) is 6.29. The van der Waals surface area contributed by atoms with Crippen LogP contribution < -0.4 is 21.5 Å². The summed E-state index contributed by atoms with van der Waals surface area (Å²) in [5.41, 5.74) is 0.859. The zero-order chi connectivity index (χ0) is 25.1. The number of pyridine rings is 2. The van der Waals surface area contributed by atoms with Crippen LogP contribution in [0.4, 0.5) is 5.82 Å². The molecule has 1 aliphatic rings. The van der Waals surface area contributed by atoms with Gasteiger partial charge in [-0.1, -0.05) is 33.8 Å². The predicted molar refractivity (Wildman–Crippen MR) is 137 cm³/mol. The molecule has 0 spiro atoms. The lowest BCUT2D eigenvalue weighted by atomic mass is 10.0. The zero-order valence-electron chi connectivity index (χ0n) is 20.9. The first kappa shape index (κ1) is 24.6. The number of carbonyl (C=O) groups excluding carboxylic acids is 1. The number of anilines is 1. The van der Waals surface area contributed by atoms with Gasteiger partial charge in [-0.3, -0.25) is 19.1 Å². The normalized spacial score (nSPS) is 14.2. The van der Waals surface area contributed by atoms with Gasteiger partial charge in [-0.15, -0.1) is 0 Å². The van der Waals surface area contributed by atoms with Crippen LogP contribution in [-0.4, -0.2) is 38.5 Å². The Morgan fingerprint density at radius 2 is 1.86 bits per heavy atom. The second-order valence-corrected chi connectivity index (χ2v) is 9.97. The van der Waals surface area contributed by atoms with Crippen LogP contribution >= 0.6 is 0 Å². The Morgan fingerprint density at radius 1 is 1.11 bits per heavy atom. The number of nitrogens with one attached hydrogen (secondary N) is 2. The van der Waals surface area contributed by atoms with E-state index in [0.717, 1.165) is 24.5 Å². The number of nitrogens with zero attached hydrogens (tertiary/aromatic N) is 4. The van der Waals surface area contributed by atoms with Crippen LogP contribution in [0.15, 0.2) is 34.0 Å². The molecular weight excluding hydrogens is 444 g/mol. The highest BCUT2D eigenvalue weighted by molar-refractivity contribution is 6.05. The molecule has 186 valence electrons. The van der Waals surface area contributed by atoms with Gasteiger partial charge in [-0.25, -0.2) is 14.8 Å². The smallest absolute Gasteiger partial charge is 0.330 e. The van der Waals surface area contributed by atoms with Crippen molar-refractivity contribution in [1.29, 1.82) is 0 Å². The second kappa shape index (κ2) is 10.4. The van der Waals surface area contributed by atoms with Gasteiger partial charge in [0.2, 0.25) is 0 Å². The highest BCUT2D eigenvalue weighted by Gasteiger charge is 2.21. The average molecular weight is 479 g/mol. The molecule has 0 aliphatic carbocycles. The van der Waals surface area contributed by atoms with Crippen molar-refractivity contribution in [3.05, 3.63) is 62.1 Å². The Morgan fingerprint density at radius 3 is 2.49 bits per heavy atom. The van der Waals surface area contributed by atoms with E-state index in [1.165, 1.54) is 23.8 Å². The first-order valence-corrected chi connectivity index (χ1v) is 12.4. The monoisotopic (exact) mass is 478 g/mol. The first-order valence-electron chi connectivity index (χ1n) is 12.4. The summed E-state index contributed by atoms with van der Waals surface area (Å²) < 4.78 is 1.45. The van der Waals surface area contributed by atoms with Crippen molar-refractivity contribution in [2.75, 3.05) is 18.0 Å². The highest BCUT2D eigenvalue weighted by Crippen LogP contribution is 2.21. The minimum Gasteiger partial charge on any atom is -0.357 e. The van der Waals surface area contributed by atoms with Crippen LogP contribution in [0.3, 0.4) is 0 Å². The Bertz CT molecular complexity index is 1320. The van der Waals surface area contributed by atoms with Gasteiger partial charge in [0.05, 0.1) is 10.9 Å². The van der Waals surface area contributed by atoms with Gasteiger partial charge >= 0.3 is 5.69 Å². The van der Waals surface area contributed by atoms with E-state index in [2.05, 4.69) is 25.2 Å². The molecule has 2 N–H and O–H groups in total. The van der Waals surface area contributed by atoms with Gasteiger partial charge in [0.25, 0.3) is 11.5 Å². The summed E-state index contributed by atoms with van der Waals surface area (Å²) in [7, 11) is 0. The van der Waals surface area contributed by atoms with Gasteiger partial charge in [0.1, 0.15) is 5.82 Å². The molecule has 3 aromatic heterocycles. The summed E-state index contributed by atoms with van der Waals surface area (Å²) in [6.07, 6.45) is 5.41. The molecule has 1 fully saturated rings. The lowest BCUT2D eigenvalue weighted by molar-refractivity contribution is 0.0952. The predicted octanol–water partition coefficient (Wildman–Crippen LogP) is 3.18. The fourth-order valence-corrected chi connectivity index (χ4v) is 4.41. The minimum absolute atomic E-state index is 0.0133. The number of rotatable bonds is 7. The van der Waals surface area contributed by atoms with Gasteiger partial charge in [0.15, 0.2) is 5.65 Å². The fourth-order valence-electron chi connectivity index (χ4n) is 4.41. The zero-order valence-corrected chi connectivity index (χ0v) is 20.9. The maximum absolute atomic E-state index is 13.3. The van der Waals surface area contributed by atoms with Gasteiger partial charge < -0.3 is 10.2 Å². The third kappa shape index (κ3) is 5.44. The second-order valence-electron chi connectivity index (χ2n) is 9.97. The SMILES string of the molecule is CC(C)Cn1c(=O)[nH]c(=O)c2c(C(=O)NCc3ccc(N4CCCCC4)nc3)cc(C(C)C)nc21. The number of aromatic nitrogens is 4. The summed E-state index contributed by atoms with van der Waals surface area (Å²) in [4.78, 5) is 52.5. The summed E-state index contributed by atoms with van der Waals surface area (Å²) in [6, 6.07) is 5.61. The molecular formula is C26H34N6O3. The van der Waals surface area contributed by atoms with Crippen LogP contribution in [0.25, 0.3) is 11.0 Å². The van der Waals surface area contributed by atoms with Gasteiger partial charge in [-0.05, 0) is 48.8 Å². The molecule has 9 nitrogen and oxygen atoms in total. The fraction of sp³-hybridized carbons (Fsp3) is 0.500. The largest absolute Gasteiger partial charge is 0.357 e. The van der Waals surface area contributed by atoms with Crippen molar-refractivity contribution in [1.82, 2.24) is 24.8 Å². The molecule has 0 saturated carbocycles. The van der Waals surface area contributed by atoms with Crippen molar-refractivity contribution in [3.63, 3.8) is 0 Å². The Hall–Kier alpha value is -3.49. The molecule has 3 aromatic rings. The number of piperidine rings is 1. The quantitative estimate of drug-likeness (QED) is 0.539. The van der Waals surface area contributed by atoms with E-state index in [-0.39, 0.29) is 40.9 Å². The summed E-state index contributed by atoms with van der Waals surface area (Å²) in [5, 5.41) is 3.04. The highest BCUT2D eigenvalue weighted by atomic mass is 16.2. The van der Waals surface area contributed by atoms with Crippen molar-refractivity contribution >= 4 is 22.8 Å². The number of fused-ring (bicyclic) bond motifs is 1. The maximum atomic E-state index is 13.3. The van der Waals surface area contributed by atoms with Crippen LogP contribution in [-0.2, 0) is 13.1 Å². The van der Waals surface area contributed by atoms with Crippen LogP contribution in [0.2, 0.25) is 0 Å². The molecule has 4 heterocycles. The van der Waals surface area contributed by atoms with Crippen molar-refractivity contribution in [3.8, 4) is 0 Å². The van der Waals surface area contributed by atoms with Gasteiger partial charge in [0, 0.05) is 38.1 Å². The standard InChI is InChI=1S/C26H34N6O3/c1-16(2)15-32-23-22(25(34)30-26(32)35)19(12-20(29-23)17(3)4)24(33)28-14-18-8-9-21(27-13-18)31-10-6-5-7-11-31/h8-9,12-13,16-17H,5-7,10-11,14-15H2,1-4H3,(H,28,33)(H,30,34,35). The van der Waals surface area contributed by atoms with E-state index in [0.29, 0.717) is 12.2 Å². The molecule has 0 aromatic carbocycles. The van der Waals surface area contributed by atoms with E-state index < -0.39 is 11.2 Å². The Labute approximate surface area is 204 Å². The van der Waals surface area contributed by atoms with E-state index in [1.54, 1.807) is 12.3 Å². The summed E-state index contributed by atoms with van der Waals surface area (Å²) in [6.45, 7) is 10.6. The van der Waals surface area contributed by atoms with Crippen LogP contribution in [0, 0.1) is 5.92 Å². The maximum Gasteiger partial charge on any atom is 0.330 e. The molecule has 0 radical (unpaired) electrons. The molecule has 9 heteroatoms. The summed E-state index contributed by atoms with van der Waals surface area (Å²) >= 11 is 0. The number of amides is 1.